The van der Waals surface area contributed by atoms with Gasteiger partial charge in [0.2, 0.25) is 11.8 Å². The van der Waals surface area contributed by atoms with Crippen LogP contribution in [-0.2, 0) is 20.9 Å². The fourth-order valence-corrected chi connectivity index (χ4v) is 3.87. The predicted molar refractivity (Wildman–Crippen MR) is 108 cm³/mol. The first-order valence-electron chi connectivity index (χ1n) is 9.62. The van der Waals surface area contributed by atoms with E-state index in [1.165, 1.54) is 11.8 Å². The van der Waals surface area contributed by atoms with Crippen LogP contribution in [0.15, 0.2) is 12.1 Å². The molecule has 0 aromatic carbocycles. The zero-order chi connectivity index (χ0) is 20.5. The van der Waals surface area contributed by atoms with Gasteiger partial charge >= 0.3 is 6.03 Å². The van der Waals surface area contributed by atoms with Crippen molar-refractivity contribution in [2.24, 2.45) is 0 Å². The molecule has 4 amide bonds. The van der Waals surface area contributed by atoms with E-state index >= 15 is 0 Å². The molecule has 2 rings (SSSR count). The van der Waals surface area contributed by atoms with Crippen molar-refractivity contribution in [3.63, 3.8) is 0 Å². The van der Waals surface area contributed by atoms with Gasteiger partial charge in [-0.2, -0.15) is 0 Å². The summed E-state index contributed by atoms with van der Waals surface area (Å²) in [5, 5.41) is 5.59. The van der Waals surface area contributed by atoms with Crippen LogP contribution >= 0.6 is 11.3 Å². The maximum Gasteiger partial charge on any atom is 0.318 e. The standard InChI is InChI=1S/C19H30N4O4S/c1-4-17(18(25)22-9-11-27-12-10-22)21-19(26)23(8-7-20-15(3)24)13-16-6-5-14(2)28-16/h5-6,17H,4,7-13H2,1-3H3,(H,20,24)(H,21,26). The second-order valence-corrected chi connectivity index (χ2v) is 8.14. The molecular weight excluding hydrogens is 380 g/mol. The Morgan fingerprint density at radius 2 is 2.00 bits per heavy atom. The number of nitrogens with one attached hydrogen (secondary N) is 2. The molecule has 1 unspecified atom stereocenters. The Morgan fingerprint density at radius 3 is 2.57 bits per heavy atom. The second-order valence-electron chi connectivity index (χ2n) is 6.76. The first-order valence-corrected chi connectivity index (χ1v) is 10.4. The Hall–Kier alpha value is -2.13. The third-order valence-corrected chi connectivity index (χ3v) is 5.50. The van der Waals surface area contributed by atoms with E-state index < -0.39 is 6.04 Å². The van der Waals surface area contributed by atoms with Crippen LogP contribution in [0.4, 0.5) is 4.79 Å². The first kappa shape index (κ1) is 22.2. The topological polar surface area (TPSA) is 91.0 Å². The lowest BCUT2D eigenvalue weighted by Gasteiger charge is -2.31. The fraction of sp³-hybridized carbons (Fsp3) is 0.632. The normalized spacial score (nSPS) is 15.0. The van der Waals surface area contributed by atoms with Gasteiger partial charge in [0.25, 0.3) is 0 Å². The highest BCUT2D eigenvalue weighted by molar-refractivity contribution is 7.11. The maximum atomic E-state index is 12.9. The van der Waals surface area contributed by atoms with Crippen molar-refractivity contribution in [1.29, 1.82) is 0 Å². The number of carbonyl (C=O) groups is 3. The maximum absolute atomic E-state index is 12.9. The molecule has 2 N–H and O–H groups in total. The van der Waals surface area contributed by atoms with Crippen molar-refractivity contribution in [3.8, 4) is 0 Å². The van der Waals surface area contributed by atoms with Crippen molar-refractivity contribution in [2.75, 3.05) is 39.4 Å². The van der Waals surface area contributed by atoms with E-state index in [-0.39, 0.29) is 17.8 Å². The van der Waals surface area contributed by atoms with Crippen LogP contribution in [0.5, 0.6) is 0 Å². The predicted octanol–water partition coefficient (Wildman–Crippen LogP) is 1.34. The summed E-state index contributed by atoms with van der Waals surface area (Å²) in [6.45, 7) is 8.65. The van der Waals surface area contributed by atoms with Crippen molar-refractivity contribution in [1.82, 2.24) is 20.4 Å². The molecule has 1 aromatic heterocycles. The van der Waals surface area contributed by atoms with Crippen molar-refractivity contribution in [2.45, 2.75) is 39.8 Å². The minimum Gasteiger partial charge on any atom is -0.378 e. The van der Waals surface area contributed by atoms with Gasteiger partial charge in [0, 0.05) is 42.9 Å². The Balaban J connectivity index is 2.01. The van der Waals surface area contributed by atoms with E-state index in [1.807, 2.05) is 26.0 Å². The summed E-state index contributed by atoms with van der Waals surface area (Å²) >= 11 is 1.63. The quantitative estimate of drug-likeness (QED) is 0.677. The van der Waals surface area contributed by atoms with E-state index in [9.17, 15) is 14.4 Å². The minimum absolute atomic E-state index is 0.0760. The largest absolute Gasteiger partial charge is 0.378 e. The Morgan fingerprint density at radius 1 is 1.29 bits per heavy atom. The average Bonchev–Trinajstić information content (AvgIpc) is 3.09. The summed E-state index contributed by atoms with van der Waals surface area (Å²) in [6, 6.07) is 3.14. The van der Waals surface area contributed by atoms with E-state index in [1.54, 1.807) is 21.1 Å². The third-order valence-electron chi connectivity index (χ3n) is 4.51. The molecule has 1 atom stereocenters. The molecule has 8 nitrogen and oxygen atoms in total. The van der Waals surface area contributed by atoms with Gasteiger partial charge in [-0.1, -0.05) is 6.92 Å². The molecule has 28 heavy (non-hydrogen) atoms. The SMILES string of the molecule is CCC(NC(=O)N(CCNC(C)=O)Cc1ccc(C)s1)C(=O)N1CCOCC1. The molecule has 1 aromatic rings. The molecule has 1 aliphatic rings. The van der Waals surface area contributed by atoms with Crippen LogP contribution in [0.1, 0.15) is 30.0 Å². The fourth-order valence-electron chi connectivity index (χ4n) is 2.96. The van der Waals surface area contributed by atoms with Gasteiger partial charge in [0.1, 0.15) is 6.04 Å². The molecule has 1 aliphatic heterocycles. The van der Waals surface area contributed by atoms with E-state index in [2.05, 4.69) is 10.6 Å². The lowest BCUT2D eigenvalue weighted by molar-refractivity contribution is -0.137. The van der Waals surface area contributed by atoms with Crippen molar-refractivity contribution < 1.29 is 19.1 Å². The second kappa shape index (κ2) is 11.0. The molecule has 2 heterocycles. The molecule has 1 fully saturated rings. The van der Waals surface area contributed by atoms with Gasteiger partial charge in [0.05, 0.1) is 19.8 Å². The average molecular weight is 411 g/mol. The van der Waals surface area contributed by atoms with Crippen LogP contribution in [0.2, 0.25) is 0 Å². The zero-order valence-electron chi connectivity index (χ0n) is 16.8. The summed E-state index contributed by atoms with van der Waals surface area (Å²) in [4.78, 5) is 42.4. The number of rotatable bonds is 8. The van der Waals surface area contributed by atoms with Gasteiger partial charge in [0.15, 0.2) is 0 Å². The molecule has 9 heteroatoms. The number of urea groups is 1. The molecule has 0 aliphatic carbocycles. The van der Waals surface area contributed by atoms with E-state index in [0.29, 0.717) is 52.4 Å². The number of nitrogens with zero attached hydrogens (tertiary/aromatic N) is 2. The molecule has 0 radical (unpaired) electrons. The highest BCUT2D eigenvalue weighted by atomic mass is 32.1. The summed E-state index contributed by atoms with van der Waals surface area (Å²) in [7, 11) is 0. The molecule has 0 saturated carbocycles. The monoisotopic (exact) mass is 410 g/mol. The smallest absolute Gasteiger partial charge is 0.318 e. The number of ether oxygens (including phenoxy) is 1. The summed E-state index contributed by atoms with van der Waals surface area (Å²) in [5.41, 5.74) is 0. The lowest BCUT2D eigenvalue weighted by atomic mass is 10.2. The van der Waals surface area contributed by atoms with Gasteiger partial charge in [-0.15, -0.1) is 11.3 Å². The van der Waals surface area contributed by atoms with Gasteiger partial charge in [-0.3, -0.25) is 9.59 Å². The van der Waals surface area contributed by atoms with Crippen LogP contribution in [0.3, 0.4) is 0 Å². The van der Waals surface area contributed by atoms with Crippen LogP contribution < -0.4 is 10.6 Å². The summed E-state index contributed by atoms with van der Waals surface area (Å²) in [6.07, 6.45) is 0.513. The van der Waals surface area contributed by atoms with Crippen LogP contribution in [-0.4, -0.2) is 73.1 Å². The highest BCUT2D eigenvalue weighted by Gasteiger charge is 2.27. The van der Waals surface area contributed by atoms with Gasteiger partial charge < -0.3 is 25.2 Å². The molecule has 0 bridgehead atoms. The number of hydrogen-bond donors (Lipinski definition) is 2. The summed E-state index contributed by atoms with van der Waals surface area (Å²) in [5.74, 6) is -0.214. The number of amides is 4. The lowest BCUT2D eigenvalue weighted by Crippen LogP contribution is -2.54. The number of hydrogen-bond acceptors (Lipinski definition) is 5. The van der Waals surface area contributed by atoms with E-state index in [4.69, 9.17) is 4.74 Å². The molecule has 156 valence electrons. The van der Waals surface area contributed by atoms with Crippen molar-refractivity contribution >= 4 is 29.2 Å². The number of aryl methyl sites for hydroxylation is 1. The highest BCUT2D eigenvalue weighted by Crippen LogP contribution is 2.17. The van der Waals surface area contributed by atoms with Gasteiger partial charge in [-0.05, 0) is 25.5 Å². The molecule has 1 saturated heterocycles. The summed E-state index contributed by atoms with van der Waals surface area (Å²) < 4.78 is 5.29. The zero-order valence-corrected chi connectivity index (χ0v) is 17.6. The number of carbonyl (C=O) groups excluding carboxylic acids is 3. The molecular formula is C19H30N4O4S. The number of morpholine rings is 1. The Labute approximate surface area is 170 Å². The first-order chi connectivity index (χ1) is 13.4. The Kier molecular flexibility index (Phi) is 8.72. The third kappa shape index (κ3) is 6.79. The number of thiophene rings is 1. The van der Waals surface area contributed by atoms with Crippen molar-refractivity contribution in [3.05, 3.63) is 21.9 Å². The Bertz CT molecular complexity index is 673. The van der Waals surface area contributed by atoms with Crippen LogP contribution in [0, 0.1) is 6.92 Å². The molecule has 0 spiro atoms. The van der Waals surface area contributed by atoms with Crippen LogP contribution in [0.25, 0.3) is 0 Å². The van der Waals surface area contributed by atoms with E-state index in [0.717, 1.165) is 4.88 Å². The minimum atomic E-state index is -0.570. The van der Waals surface area contributed by atoms with Gasteiger partial charge in [-0.25, -0.2) is 4.79 Å².